The summed E-state index contributed by atoms with van der Waals surface area (Å²) in [5.41, 5.74) is 0.130. The van der Waals surface area contributed by atoms with Gasteiger partial charge in [-0.25, -0.2) is 17.6 Å². The number of alkyl halides is 3. The Balaban J connectivity index is 1.21. The van der Waals surface area contributed by atoms with Crippen molar-refractivity contribution in [3.63, 3.8) is 0 Å². The van der Waals surface area contributed by atoms with Crippen LogP contribution in [0, 0.1) is 52.9 Å². The number of fused-ring (bicyclic) bond motifs is 3. The van der Waals surface area contributed by atoms with Gasteiger partial charge in [0.2, 0.25) is 0 Å². The fourth-order valence-electron chi connectivity index (χ4n) is 8.01. The molecule has 0 N–H and O–H groups in total. The van der Waals surface area contributed by atoms with Gasteiger partial charge in [0, 0.05) is 16.9 Å². The van der Waals surface area contributed by atoms with Gasteiger partial charge in [0.1, 0.15) is 17.5 Å². The Morgan fingerprint density at radius 1 is 0.739 bits per heavy atom. The van der Waals surface area contributed by atoms with Crippen LogP contribution < -0.4 is 0 Å². The lowest BCUT2D eigenvalue weighted by Crippen LogP contribution is -2.30. The molecule has 2 saturated carbocycles. The second kappa shape index (κ2) is 13.3. The molecule has 2 fully saturated rings. The van der Waals surface area contributed by atoms with Gasteiger partial charge < -0.3 is 0 Å². The van der Waals surface area contributed by atoms with Crippen LogP contribution in [0.25, 0.3) is 32.7 Å². The molecule has 7 heteroatoms. The molecule has 2 aliphatic rings. The summed E-state index contributed by atoms with van der Waals surface area (Å²) in [6.07, 6.45) is 9.19. The van der Waals surface area contributed by atoms with E-state index in [1.54, 1.807) is 12.1 Å². The monoisotopic (exact) mass is 638 g/mol. The van der Waals surface area contributed by atoms with Crippen LogP contribution in [-0.2, 0) is 0 Å². The number of hydrogen-bond acceptors (Lipinski definition) is 0. The first-order valence-electron chi connectivity index (χ1n) is 16.5. The maximum absolute atomic E-state index is 15.9. The smallest absolute Gasteiger partial charge is 0.206 e. The Bertz CT molecular complexity index is 1810. The van der Waals surface area contributed by atoms with E-state index in [2.05, 4.69) is 6.92 Å². The van der Waals surface area contributed by atoms with Crippen molar-refractivity contribution in [2.24, 2.45) is 17.8 Å². The number of hydrogen-bond donors (Lipinski definition) is 0. The van der Waals surface area contributed by atoms with Crippen LogP contribution in [0.2, 0.25) is 0 Å². The molecule has 0 radical (unpaired) electrons. The minimum atomic E-state index is -4.98. The predicted molar refractivity (Wildman–Crippen MR) is 169 cm³/mol. The van der Waals surface area contributed by atoms with Crippen molar-refractivity contribution in [1.82, 2.24) is 0 Å². The molecule has 0 spiro atoms. The van der Waals surface area contributed by atoms with Crippen molar-refractivity contribution >= 4 is 21.5 Å². The van der Waals surface area contributed by atoms with Crippen molar-refractivity contribution in [1.29, 1.82) is 0 Å². The van der Waals surface area contributed by atoms with Crippen LogP contribution in [0.4, 0.5) is 30.7 Å². The van der Waals surface area contributed by atoms with Crippen LogP contribution >= 0.6 is 0 Å². The molecular weight excluding hydrogens is 601 g/mol. The van der Waals surface area contributed by atoms with Crippen molar-refractivity contribution in [2.45, 2.75) is 89.6 Å². The Labute approximate surface area is 265 Å². The molecule has 0 aliphatic heterocycles. The molecule has 0 aromatic heterocycles. The van der Waals surface area contributed by atoms with Crippen LogP contribution in [0.5, 0.6) is 0 Å². The second-order valence-electron chi connectivity index (χ2n) is 13.3. The van der Waals surface area contributed by atoms with Crippen molar-refractivity contribution in [2.75, 3.05) is 0 Å². The summed E-state index contributed by atoms with van der Waals surface area (Å²) in [5.74, 6) is 0.439. The first-order chi connectivity index (χ1) is 22.0. The molecule has 4 aromatic carbocycles. The molecule has 0 heterocycles. The topological polar surface area (TPSA) is 0 Å². The molecule has 0 nitrogen and oxygen atoms in total. The SMILES string of the molecule is CCCCCCC1CCC2CC(c3ccc4c(F)c(-c5cc(F)c6c(F)c(C#CC(F)(F)F)c(F)cc6c5)ccc4c3)CCC2C1. The molecule has 4 aromatic rings. The summed E-state index contributed by atoms with van der Waals surface area (Å²) < 4.78 is 98.0. The van der Waals surface area contributed by atoms with Crippen LogP contribution in [0.15, 0.2) is 48.5 Å². The van der Waals surface area contributed by atoms with Gasteiger partial charge >= 0.3 is 6.18 Å². The van der Waals surface area contributed by atoms with Gasteiger partial charge in [0.15, 0.2) is 5.82 Å². The van der Waals surface area contributed by atoms with Crippen LogP contribution in [-0.4, -0.2) is 6.18 Å². The zero-order valence-corrected chi connectivity index (χ0v) is 25.9. The molecule has 0 saturated heterocycles. The summed E-state index contributed by atoms with van der Waals surface area (Å²) in [4.78, 5) is 0. The van der Waals surface area contributed by atoms with E-state index < -0.39 is 40.4 Å². The van der Waals surface area contributed by atoms with Gasteiger partial charge in [0.05, 0.1) is 10.9 Å². The highest BCUT2D eigenvalue weighted by Crippen LogP contribution is 2.49. The van der Waals surface area contributed by atoms with E-state index in [0.717, 1.165) is 48.0 Å². The molecule has 4 unspecified atom stereocenters. The zero-order chi connectivity index (χ0) is 32.6. The van der Waals surface area contributed by atoms with Crippen molar-refractivity contribution in [3.05, 3.63) is 82.9 Å². The highest BCUT2D eigenvalue weighted by Gasteiger charge is 2.36. The van der Waals surface area contributed by atoms with Crippen LogP contribution in [0.3, 0.4) is 0 Å². The number of benzene rings is 4. The minimum absolute atomic E-state index is 0.0507. The third-order valence-corrected chi connectivity index (χ3v) is 10.4. The van der Waals surface area contributed by atoms with Gasteiger partial charge in [-0.05, 0) is 95.9 Å². The van der Waals surface area contributed by atoms with Crippen LogP contribution in [0.1, 0.15) is 94.6 Å². The maximum Gasteiger partial charge on any atom is 0.458 e. The molecule has 242 valence electrons. The van der Waals surface area contributed by atoms with Gasteiger partial charge in [-0.3, -0.25) is 0 Å². The Hall–Kier alpha value is -3.53. The predicted octanol–water partition coefficient (Wildman–Crippen LogP) is 12.4. The molecular formula is C39H37F7. The average Bonchev–Trinajstić information content (AvgIpc) is 3.01. The second-order valence-corrected chi connectivity index (χ2v) is 13.3. The number of halogens is 7. The van der Waals surface area contributed by atoms with E-state index in [9.17, 15) is 22.0 Å². The lowest BCUT2D eigenvalue weighted by molar-refractivity contribution is -0.0696. The molecule has 4 atom stereocenters. The average molecular weight is 639 g/mol. The summed E-state index contributed by atoms with van der Waals surface area (Å²) in [7, 11) is 0. The lowest BCUT2D eigenvalue weighted by Gasteiger charge is -2.42. The third-order valence-electron chi connectivity index (χ3n) is 10.4. The van der Waals surface area contributed by atoms with Crippen molar-refractivity contribution < 1.29 is 30.7 Å². The zero-order valence-electron chi connectivity index (χ0n) is 25.9. The largest absolute Gasteiger partial charge is 0.458 e. The Kier molecular flexibility index (Phi) is 9.37. The summed E-state index contributed by atoms with van der Waals surface area (Å²) in [5, 5.41) is 0.119. The first kappa shape index (κ1) is 32.4. The number of unbranched alkanes of at least 4 members (excludes halogenated alkanes) is 3. The maximum atomic E-state index is 15.9. The van der Waals surface area contributed by atoms with Crippen molar-refractivity contribution in [3.8, 4) is 23.0 Å². The fourth-order valence-corrected chi connectivity index (χ4v) is 8.01. The van der Waals surface area contributed by atoms with E-state index in [0.29, 0.717) is 17.4 Å². The quantitative estimate of drug-likeness (QED) is 0.107. The van der Waals surface area contributed by atoms with Gasteiger partial charge in [-0.2, -0.15) is 13.2 Å². The lowest BCUT2D eigenvalue weighted by atomic mass is 9.63. The molecule has 0 amide bonds. The molecule has 0 bridgehead atoms. The fraction of sp³-hybridized carbons (Fsp3) is 0.436. The first-order valence-corrected chi connectivity index (χ1v) is 16.5. The molecule has 6 rings (SSSR count). The summed E-state index contributed by atoms with van der Waals surface area (Å²) in [6.45, 7) is 2.25. The molecule has 2 aliphatic carbocycles. The highest BCUT2D eigenvalue weighted by atomic mass is 19.4. The highest BCUT2D eigenvalue weighted by molar-refractivity contribution is 5.93. The summed E-state index contributed by atoms with van der Waals surface area (Å²) in [6, 6.07) is 11.9. The van der Waals surface area contributed by atoms with E-state index in [4.69, 9.17) is 0 Å². The minimum Gasteiger partial charge on any atom is -0.206 e. The van der Waals surface area contributed by atoms with Gasteiger partial charge in [-0.1, -0.05) is 81.7 Å². The Morgan fingerprint density at radius 2 is 1.52 bits per heavy atom. The van der Waals surface area contributed by atoms with E-state index in [-0.39, 0.29) is 16.5 Å². The van der Waals surface area contributed by atoms with Gasteiger partial charge in [-0.15, -0.1) is 0 Å². The third kappa shape index (κ3) is 6.77. The molecule has 46 heavy (non-hydrogen) atoms. The Morgan fingerprint density at radius 3 is 2.30 bits per heavy atom. The standard InChI is InChI=1S/C39H37F7/c1-2-3-4-5-6-23-7-8-25-18-26(10-9-24(25)17-23)27-11-13-31-28(19-27)12-14-32(37(31)42)29-20-30-22-34(40)33(15-16-39(44,45)46)38(43)36(30)35(41)21-29/h11-14,19-26H,2-10,17-18H2,1H3. The van der Waals surface area contributed by atoms with Gasteiger partial charge in [0.25, 0.3) is 0 Å². The van der Waals surface area contributed by atoms with E-state index in [1.165, 1.54) is 81.4 Å². The number of rotatable bonds is 7. The van der Waals surface area contributed by atoms with E-state index >= 15 is 8.78 Å². The normalized spacial score (nSPS) is 21.7. The van der Waals surface area contributed by atoms with E-state index in [1.807, 2.05) is 12.1 Å². The summed E-state index contributed by atoms with van der Waals surface area (Å²) >= 11 is 0.